The minimum absolute atomic E-state index is 0.138. The van der Waals surface area contributed by atoms with Gasteiger partial charge < -0.3 is 20.4 Å². The fourth-order valence-corrected chi connectivity index (χ4v) is 2.70. The molecule has 128 valence electrons. The van der Waals surface area contributed by atoms with Crippen LogP contribution in [0.5, 0.6) is 5.75 Å². The summed E-state index contributed by atoms with van der Waals surface area (Å²) in [7, 11) is 1.61. The summed E-state index contributed by atoms with van der Waals surface area (Å²) >= 11 is 0. The Bertz CT molecular complexity index is 942. The van der Waals surface area contributed by atoms with E-state index in [-0.39, 0.29) is 11.8 Å². The minimum atomic E-state index is -0.222. The van der Waals surface area contributed by atoms with Gasteiger partial charge in [-0.25, -0.2) is 0 Å². The molecule has 1 heterocycles. The number of rotatable bonds is 4. The lowest BCUT2D eigenvalue weighted by molar-refractivity contribution is -0.114. The van der Waals surface area contributed by atoms with E-state index >= 15 is 0 Å². The van der Waals surface area contributed by atoms with Crippen LogP contribution in [0.25, 0.3) is 10.9 Å². The summed E-state index contributed by atoms with van der Waals surface area (Å²) in [6, 6.07) is 12.6. The summed E-state index contributed by atoms with van der Waals surface area (Å²) in [4.78, 5) is 26.8. The number of carbonyl (C=O) groups is 2. The molecule has 0 spiro atoms. The van der Waals surface area contributed by atoms with E-state index in [0.29, 0.717) is 17.1 Å². The van der Waals surface area contributed by atoms with Gasteiger partial charge in [0.25, 0.3) is 5.91 Å². The molecule has 25 heavy (non-hydrogen) atoms. The summed E-state index contributed by atoms with van der Waals surface area (Å²) in [5.41, 5.74) is 3.57. The number of hydrogen-bond donors (Lipinski definition) is 3. The lowest BCUT2D eigenvalue weighted by Crippen LogP contribution is -2.13. The highest BCUT2D eigenvalue weighted by Gasteiger charge is 2.15. The molecule has 0 aliphatic heterocycles. The van der Waals surface area contributed by atoms with Crippen molar-refractivity contribution >= 4 is 34.1 Å². The van der Waals surface area contributed by atoms with E-state index in [1.807, 2.05) is 25.1 Å². The average molecular weight is 337 g/mol. The monoisotopic (exact) mass is 337 g/mol. The quantitative estimate of drug-likeness (QED) is 0.679. The van der Waals surface area contributed by atoms with Crippen molar-refractivity contribution in [1.29, 1.82) is 0 Å². The predicted octanol–water partition coefficient (Wildman–Crippen LogP) is 3.70. The zero-order valence-electron chi connectivity index (χ0n) is 14.3. The lowest BCUT2D eigenvalue weighted by Gasteiger charge is -2.06. The van der Waals surface area contributed by atoms with Crippen LogP contribution in [0.15, 0.2) is 42.5 Å². The summed E-state index contributed by atoms with van der Waals surface area (Å²) in [6.07, 6.45) is 0. The maximum atomic E-state index is 12.6. The first-order valence-corrected chi connectivity index (χ1v) is 7.83. The number of amides is 2. The van der Waals surface area contributed by atoms with Gasteiger partial charge in [-0.3, -0.25) is 9.59 Å². The van der Waals surface area contributed by atoms with Gasteiger partial charge in [-0.1, -0.05) is 0 Å². The average Bonchev–Trinajstić information content (AvgIpc) is 2.92. The number of aryl methyl sites for hydroxylation is 1. The highest BCUT2D eigenvalue weighted by Crippen LogP contribution is 2.26. The van der Waals surface area contributed by atoms with E-state index in [9.17, 15) is 9.59 Å². The van der Waals surface area contributed by atoms with E-state index in [1.54, 1.807) is 31.4 Å². The van der Waals surface area contributed by atoms with Gasteiger partial charge in [0.1, 0.15) is 11.4 Å². The second-order valence-electron chi connectivity index (χ2n) is 5.75. The predicted molar refractivity (Wildman–Crippen MR) is 98.3 cm³/mol. The Hall–Kier alpha value is -3.28. The van der Waals surface area contributed by atoms with Crippen LogP contribution >= 0.6 is 0 Å². The van der Waals surface area contributed by atoms with Crippen LogP contribution in [-0.4, -0.2) is 23.9 Å². The number of anilines is 2. The molecule has 3 rings (SSSR count). The SMILES string of the molecule is COc1ccc2c(C)c(C(=O)Nc3ccc(NC(C)=O)cc3)[nH]c2c1. The zero-order chi connectivity index (χ0) is 18.0. The van der Waals surface area contributed by atoms with E-state index in [0.717, 1.165) is 22.2 Å². The molecular formula is C19H19N3O3. The first kappa shape index (κ1) is 16.6. The molecule has 3 aromatic rings. The Morgan fingerprint density at radius 3 is 2.24 bits per heavy atom. The second-order valence-corrected chi connectivity index (χ2v) is 5.75. The smallest absolute Gasteiger partial charge is 0.272 e. The summed E-state index contributed by atoms with van der Waals surface area (Å²) in [5.74, 6) is 0.370. The van der Waals surface area contributed by atoms with E-state index in [4.69, 9.17) is 4.74 Å². The van der Waals surface area contributed by atoms with Crippen molar-refractivity contribution in [2.45, 2.75) is 13.8 Å². The van der Waals surface area contributed by atoms with Crippen LogP contribution in [0.3, 0.4) is 0 Å². The van der Waals surface area contributed by atoms with Crippen molar-refractivity contribution in [3.8, 4) is 5.75 Å². The topological polar surface area (TPSA) is 83.2 Å². The molecule has 0 saturated carbocycles. The van der Waals surface area contributed by atoms with Gasteiger partial charge in [-0.15, -0.1) is 0 Å². The molecule has 0 aliphatic carbocycles. The maximum absolute atomic E-state index is 12.6. The van der Waals surface area contributed by atoms with Crippen LogP contribution < -0.4 is 15.4 Å². The van der Waals surface area contributed by atoms with Crippen molar-refractivity contribution in [2.75, 3.05) is 17.7 Å². The molecule has 6 nitrogen and oxygen atoms in total. The number of aromatic amines is 1. The van der Waals surface area contributed by atoms with Crippen LogP contribution in [0.2, 0.25) is 0 Å². The standard InChI is InChI=1S/C19H19N3O3/c1-11-16-9-8-15(25-3)10-17(16)22-18(11)19(24)21-14-6-4-13(5-7-14)20-12(2)23/h4-10,22H,1-3H3,(H,20,23)(H,21,24). The molecule has 0 saturated heterocycles. The molecule has 0 atom stereocenters. The first-order valence-electron chi connectivity index (χ1n) is 7.83. The van der Waals surface area contributed by atoms with Crippen molar-refractivity contribution in [3.05, 3.63) is 53.7 Å². The maximum Gasteiger partial charge on any atom is 0.272 e. The molecule has 6 heteroatoms. The van der Waals surface area contributed by atoms with E-state index < -0.39 is 0 Å². The van der Waals surface area contributed by atoms with Crippen LogP contribution in [0.1, 0.15) is 23.0 Å². The molecule has 0 radical (unpaired) electrons. The summed E-state index contributed by atoms with van der Waals surface area (Å²) in [6.45, 7) is 3.35. The number of ether oxygens (including phenoxy) is 1. The minimum Gasteiger partial charge on any atom is -0.497 e. The summed E-state index contributed by atoms with van der Waals surface area (Å²) in [5, 5.41) is 6.52. The number of benzene rings is 2. The summed E-state index contributed by atoms with van der Waals surface area (Å²) < 4.78 is 5.22. The van der Waals surface area contributed by atoms with Crippen molar-refractivity contribution in [3.63, 3.8) is 0 Å². The molecule has 2 aromatic carbocycles. The molecule has 0 aliphatic rings. The van der Waals surface area contributed by atoms with Gasteiger partial charge in [-0.2, -0.15) is 0 Å². The number of methoxy groups -OCH3 is 1. The third kappa shape index (κ3) is 3.47. The highest BCUT2D eigenvalue weighted by molar-refractivity contribution is 6.08. The zero-order valence-corrected chi connectivity index (χ0v) is 14.3. The molecular weight excluding hydrogens is 318 g/mol. The van der Waals surface area contributed by atoms with Gasteiger partial charge >= 0.3 is 0 Å². The molecule has 0 unspecified atom stereocenters. The number of nitrogens with one attached hydrogen (secondary N) is 3. The van der Waals surface area contributed by atoms with Crippen LogP contribution in [0.4, 0.5) is 11.4 Å². The Morgan fingerprint density at radius 1 is 1.00 bits per heavy atom. The van der Waals surface area contributed by atoms with Gasteiger partial charge in [0.15, 0.2) is 0 Å². The van der Waals surface area contributed by atoms with Crippen LogP contribution in [0, 0.1) is 6.92 Å². The normalized spacial score (nSPS) is 10.5. The molecule has 3 N–H and O–H groups in total. The van der Waals surface area contributed by atoms with Gasteiger partial charge in [0, 0.05) is 35.3 Å². The van der Waals surface area contributed by atoms with Gasteiger partial charge in [0.2, 0.25) is 5.91 Å². The number of aromatic nitrogens is 1. The van der Waals surface area contributed by atoms with Gasteiger partial charge in [-0.05, 0) is 48.9 Å². The number of carbonyl (C=O) groups excluding carboxylic acids is 2. The van der Waals surface area contributed by atoms with Crippen molar-refractivity contribution < 1.29 is 14.3 Å². The highest BCUT2D eigenvalue weighted by atomic mass is 16.5. The molecule has 1 aromatic heterocycles. The third-order valence-corrected chi connectivity index (χ3v) is 3.96. The van der Waals surface area contributed by atoms with E-state index in [2.05, 4.69) is 15.6 Å². The third-order valence-electron chi connectivity index (χ3n) is 3.96. The Balaban J connectivity index is 1.82. The first-order chi connectivity index (χ1) is 12.0. The Kier molecular flexibility index (Phi) is 4.43. The van der Waals surface area contributed by atoms with Crippen molar-refractivity contribution in [2.24, 2.45) is 0 Å². The lowest BCUT2D eigenvalue weighted by atomic mass is 10.1. The Labute approximate surface area is 145 Å². The fraction of sp³-hybridized carbons (Fsp3) is 0.158. The number of H-pyrrole nitrogens is 1. The molecule has 0 fully saturated rings. The van der Waals surface area contributed by atoms with Crippen LogP contribution in [-0.2, 0) is 4.79 Å². The van der Waals surface area contributed by atoms with E-state index in [1.165, 1.54) is 6.92 Å². The van der Waals surface area contributed by atoms with Crippen molar-refractivity contribution in [1.82, 2.24) is 4.98 Å². The van der Waals surface area contributed by atoms with Gasteiger partial charge in [0.05, 0.1) is 7.11 Å². The number of hydrogen-bond acceptors (Lipinski definition) is 3. The Morgan fingerprint density at radius 2 is 1.64 bits per heavy atom. The molecule has 2 amide bonds. The number of fused-ring (bicyclic) bond motifs is 1. The second kappa shape index (κ2) is 6.68. The fourth-order valence-electron chi connectivity index (χ4n) is 2.70. The molecule has 0 bridgehead atoms. The largest absolute Gasteiger partial charge is 0.497 e.